The number of carbonyl (C=O) groups excluding carboxylic acids is 2. The molecule has 1 aliphatic rings. The maximum atomic E-state index is 12.0. The van der Waals surface area contributed by atoms with Crippen molar-refractivity contribution in [1.29, 1.82) is 0 Å². The highest BCUT2D eigenvalue weighted by atomic mass is 16.5. The average molecular weight is 300 g/mol. The fourth-order valence-electron chi connectivity index (χ4n) is 2.10. The zero-order valence-corrected chi connectivity index (χ0v) is 12.7. The molecular formula is C18H20O4. The van der Waals surface area contributed by atoms with Crippen LogP contribution in [0.5, 0.6) is 0 Å². The third-order valence-electron chi connectivity index (χ3n) is 3.33. The molecule has 1 aromatic rings. The van der Waals surface area contributed by atoms with Crippen molar-refractivity contribution in [1.82, 2.24) is 0 Å². The van der Waals surface area contributed by atoms with E-state index in [4.69, 9.17) is 9.47 Å². The summed E-state index contributed by atoms with van der Waals surface area (Å²) in [5, 5.41) is 0. The summed E-state index contributed by atoms with van der Waals surface area (Å²) in [6.45, 7) is 2.49. The van der Waals surface area contributed by atoms with Gasteiger partial charge >= 0.3 is 11.9 Å². The quantitative estimate of drug-likeness (QED) is 0.568. The van der Waals surface area contributed by atoms with E-state index in [-0.39, 0.29) is 5.76 Å². The van der Waals surface area contributed by atoms with Crippen molar-refractivity contribution in [3.8, 4) is 0 Å². The van der Waals surface area contributed by atoms with Crippen molar-refractivity contribution in [2.45, 2.75) is 32.6 Å². The van der Waals surface area contributed by atoms with Crippen LogP contribution in [-0.4, -0.2) is 18.5 Å². The maximum Gasteiger partial charge on any atom is 0.343 e. The van der Waals surface area contributed by atoms with E-state index in [1.165, 1.54) is 0 Å². The van der Waals surface area contributed by atoms with Gasteiger partial charge in [0.1, 0.15) is 5.76 Å². The standard InChI is InChI=1S/C18H20O4/c1-2-3-7-13-21-18(20)15-11-8-12-16(15)22-17(19)14-9-5-4-6-10-14/h4-6,8-10,12H,2-3,7,11,13H2,1H3. The van der Waals surface area contributed by atoms with E-state index in [0.29, 0.717) is 24.2 Å². The molecule has 0 bridgehead atoms. The van der Waals surface area contributed by atoms with Crippen LogP contribution in [0, 0.1) is 0 Å². The first-order valence-corrected chi connectivity index (χ1v) is 7.56. The Morgan fingerprint density at radius 3 is 2.59 bits per heavy atom. The van der Waals surface area contributed by atoms with Crippen LogP contribution >= 0.6 is 0 Å². The molecule has 0 heterocycles. The molecule has 1 aromatic carbocycles. The summed E-state index contributed by atoms with van der Waals surface area (Å²) in [5.41, 5.74) is 0.853. The fraction of sp³-hybridized carbons (Fsp3) is 0.333. The molecule has 1 aliphatic carbocycles. The lowest BCUT2D eigenvalue weighted by molar-refractivity contribution is -0.139. The molecule has 116 valence electrons. The van der Waals surface area contributed by atoms with Crippen LogP contribution in [-0.2, 0) is 14.3 Å². The van der Waals surface area contributed by atoms with Gasteiger partial charge in [0, 0.05) is 6.42 Å². The first kappa shape index (κ1) is 16.0. The zero-order chi connectivity index (χ0) is 15.8. The van der Waals surface area contributed by atoms with Gasteiger partial charge in [0.2, 0.25) is 0 Å². The molecule has 0 fully saturated rings. The van der Waals surface area contributed by atoms with Gasteiger partial charge in [-0.1, -0.05) is 44.0 Å². The summed E-state index contributed by atoms with van der Waals surface area (Å²) in [6, 6.07) is 8.69. The third kappa shape index (κ3) is 4.32. The number of hydrogen-bond acceptors (Lipinski definition) is 4. The van der Waals surface area contributed by atoms with E-state index in [1.807, 2.05) is 6.07 Å². The van der Waals surface area contributed by atoms with Gasteiger partial charge in [-0.3, -0.25) is 0 Å². The van der Waals surface area contributed by atoms with Crippen molar-refractivity contribution in [2.24, 2.45) is 0 Å². The Morgan fingerprint density at radius 2 is 1.86 bits per heavy atom. The van der Waals surface area contributed by atoms with E-state index < -0.39 is 11.9 Å². The van der Waals surface area contributed by atoms with Gasteiger partial charge in [0.15, 0.2) is 0 Å². The fourth-order valence-corrected chi connectivity index (χ4v) is 2.10. The lowest BCUT2D eigenvalue weighted by atomic mass is 10.2. The molecule has 4 nitrogen and oxygen atoms in total. The normalized spacial score (nSPS) is 13.3. The molecule has 0 spiro atoms. The van der Waals surface area contributed by atoms with Crippen molar-refractivity contribution in [3.05, 3.63) is 59.4 Å². The van der Waals surface area contributed by atoms with Gasteiger partial charge in [-0.15, -0.1) is 0 Å². The maximum absolute atomic E-state index is 12.0. The molecule has 2 rings (SSSR count). The highest BCUT2D eigenvalue weighted by molar-refractivity contribution is 5.94. The Bertz CT molecular complexity index is 584. The summed E-state index contributed by atoms with van der Waals surface area (Å²) >= 11 is 0. The van der Waals surface area contributed by atoms with Crippen molar-refractivity contribution in [3.63, 3.8) is 0 Å². The monoisotopic (exact) mass is 300 g/mol. The highest BCUT2D eigenvalue weighted by Crippen LogP contribution is 2.22. The Morgan fingerprint density at radius 1 is 1.09 bits per heavy atom. The number of esters is 2. The SMILES string of the molecule is CCCCCOC(=O)C1=C(OC(=O)c2ccccc2)C=CC1. The largest absolute Gasteiger partial charge is 0.462 e. The van der Waals surface area contributed by atoms with Crippen LogP contribution in [0.15, 0.2) is 53.8 Å². The van der Waals surface area contributed by atoms with Crippen LogP contribution in [0.4, 0.5) is 0 Å². The molecule has 0 aromatic heterocycles. The van der Waals surface area contributed by atoms with Crippen LogP contribution in [0.2, 0.25) is 0 Å². The highest BCUT2D eigenvalue weighted by Gasteiger charge is 2.22. The van der Waals surface area contributed by atoms with Gasteiger partial charge in [0.05, 0.1) is 17.7 Å². The lowest BCUT2D eigenvalue weighted by Gasteiger charge is -2.08. The molecule has 4 heteroatoms. The van der Waals surface area contributed by atoms with Gasteiger partial charge in [-0.25, -0.2) is 9.59 Å². The van der Waals surface area contributed by atoms with E-state index in [2.05, 4.69) is 6.92 Å². The minimum atomic E-state index is -0.474. The Labute approximate surface area is 130 Å². The number of rotatable bonds is 7. The molecular weight excluding hydrogens is 280 g/mol. The Kier molecular flexibility index (Phi) is 5.95. The van der Waals surface area contributed by atoms with E-state index in [9.17, 15) is 9.59 Å². The van der Waals surface area contributed by atoms with E-state index >= 15 is 0 Å². The summed E-state index contributed by atoms with van der Waals surface area (Å²) in [6.07, 6.45) is 6.81. The molecule has 0 atom stereocenters. The smallest absolute Gasteiger partial charge is 0.343 e. The Balaban J connectivity index is 1.97. The number of unbranched alkanes of at least 4 members (excludes halogenated alkanes) is 2. The second kappa shape index (κ2) is 8.17. The van der Waals surface area contributed by atoms with Gasteiger partial charge < -0.3 is 9.47 Å². The van der Waals surface area contributed by atoms with Crippen LogP contribution in [0.25, 0.3) is 0 Å². The van der Waals surface area contributed by atoms with Crippen LogP contribution < -0.4 is 0 Å². The third-order valence-corrected chi connectivity index (χ3v) is 3.33. The van der Waals surface area contributed by atoms with Crippen LogP contribution in [0.3, 0.4) is 0 Å². The van der Waals surface area contributed by atoms with Gasteiger partial charge in [0.25, 0.3) is 0 Å². The second-order valence-corrected chi connectivity index (χ2v) is 5.05. The zero-order valence-electron chi connectivity index (χ0n) is 12.7. The molecule has 0 radical (unpaired) electrons. The lowest BCUT2D eigenvalue weighted by Crippen LogP contribution is -2.12. The van der Waals surface area contributed by atoms with E-state index in [1.54, 1.807) is 36.4 Å². The molecule has 0 amide bonds. The molecule has 0 saturated carbocycles. The number of carbonyl (C=O) groups is 2. The predicted molar refractivity (Wildman–Crippen MR) is 83.1 cm³/mol. The molecule has 22 heavy (non-hydrogen) atoms. The first-order valence-electron chi connectivity index (χ1n) is 7.56. The van der Waals surface area contributed by atoms with Gasteiger partial charge in [-0.2, -0.15) is 0 Å². The van der Waals surface area contributed by atoms with Crippen molar-refractivity contribution < 1.29 is 19.1 Å². The average Bonchev–Trinajstić information content (AvgIpc) is 3.00. The number of benzene rings is 1. The topological polar surface area (TPSA) is 52.6 Å². The summed E-state index contributed by atoms with van der Waals surface area (Å²) in [5.74, 6) is -0.593. The number of hydrogen-bond donors (Lipinski definition) is 0. The molecule has 0 N–H and O–H groups in total. The first-order chi connectivity index (χ1) is 10.7. The van der Waals surface area contributed by atoms with E-state index in [0.717, 1.165) is 19.3 Å². The summed E-state index contributed by atoms with van der Waals surface area (Å²) < 4.78 is 10.5. The summed E-state index contributed by atoms with van der Waals surface area (Å²) in [4.78, 5) is 24.1. The van der Waals surface area contributed by atoms with Gasteiger partial charge in [-0.05, 0) is 24.6 Å². The number of ether oxygens (including phenoxy) is 2. The number of allylic oxidation sites excluding steroid dienone is 2. The molecule has 0 aliphatic heterocycles. The summed E-state index contributed by atoms with van der Waals surface area (Å²) in [7, 11) is 0. The Hall–Kier alpha value is -2.36. The minimum absolute atomic E-state index is 0.286. The second-order valence-electron chi connectivity index (χ2n) is 5.05. The van der Waals surface area contributed by atoms with Crippen molar-refractivity contribution in [2.75, 3.05) is 6.61 Å². The molecule has 0 saturated heterocycles. The van der Waals surface area contributed by atoms with Crippen molar-refractivity contribution >= 4 is 11.9 Å². The minimum Gasteiger partial charge on any atom is -0.462 e. The predicted octanol–water partition coefficient (Wildman–Crippen LogP) is 3.79. The molecule has 0 unspecified atom stereocenters. The van der Waals surface area contributed by atoms with Crippen LogP contribution in [0.1, 0.15) is 43.0 Å².